The second-order valence-corrected chi connectivity index (χ2v) is 7.31. The number of nitrogens with zero attached hydrogens (tertiary/aromatic N) is 1. The molecule has 4 aromatic rings. The molecule has 0 aliphatic rings. The summed E-state index contributed by atoms with van der Waals surface area (Å²) in [5.74, 6) is 0.663. The molecule has 0 fully saturated rings. The number of imidazole rings is 1. The fraction of sp³-hybridized carbons (Fsp3) is 0.190. The van der Waals surface area contributed by atoms with E-state index in [1.165, 1.54) is 12.1 Å². The second kappa shape index (κ2) is 5.59. The quantitative estimate of drug-likeness (QED) is 0.488. The van der Waals surface area contributed by atoms with Gasteiger partial charge in [0, 0.05) is 33.6 Å². The highest BCUT2D eigenvalue weighted by atomic mass is 19.1. The van der Waals surface area contributed by atoms with Crippen molar-refractivity contribution in [1.82, 2.24) is 15.0 Å². The normalized spacial score (nSPS) is 12.0. The molecular weight excluding hydrogens is 313 g/mol. The number of aromatic amines is 2. The van der Waals surface area contributed by atoms with Gasteiger partial charge in [-0.05, 0) is 30.3 Å². The average Bonchev–Trinajstić information content (AvgIpc) is 3.19. The van der Waals surface area contributed by atoms with Crippen LogP contribution in [0.4, 0.5) is 4.39 Å². The first kappa shape index (κ1) is 15.6. The Bertz CT molecular complexity index is 1030. The highest BCUT2D eigenvalue weighted by molar-refractivity contribution is 5.97. The van der Waals surface area contributed by atoms with E-state index < -0.39 is 0 Å². The van der Waals surface area contributed by atoms with Crippen LogP contribution in [-0.4, -0.2) is 15.0 Å². The van der Waals surface area contributed by atoms with Crippen LogP contribution in [0, 0.1) is 5.82 Å². The Morgan fingerprint density at radius 3 is 2.40 bits per heavy atom. The van der Waals surface area contributed by atoms with Crippen molar-refractivity contribution in [1.29, 1.82) is 0 Å². The summed E-state index contributed by atoms with van der Waals surface area (Å²) in [6, 6.07) is 14.7. The van der Waals surface area contributed by atoms with Gasteiger partial charge >= 0.3 is 0 Å². The minimum Gasteiger partial charge on any atom is -0.360 e. The predicted molar refractivity (Wildman–Crippen MR) is 100.0 cm³/mol. The first-order valence-corrected chi connectivity index (χ1v) is 8.36. The van der Waals surface area contributed by atoms with Crippen LogP contribution in [0.15, 0.2) is 54.7 Å². The fourth-order valence-electron chi connectivity index (χ4n) is 3.02. The van der Waals surface area contributed by atoms with Gasteiger partial charge in [0.05, 0.1) is 11.4 Å². The molecule has 0 aliphatic carbocycles. The predicted octanol–water partition coefficient (Wildman–Crippen LogP) is 5.66. The number of fused-ring (bicyclic) bond motifs is 1. The van der Waals surface area contributed by atoms with Crippen LogP contribution in [0.25, 0.3) is 33.4 Å². The zero-order valence-corrected chi connectivity index (χ0v) is 14.5. The molecule has 3 nitrogen and oxygen atoms in total. The fourth-order valence-corrected chi connectivity index (χ4v) is 3.02. The van der Waals surface area contributed by atoms with Crippen molar-refractivity contribution in [3.05, 3.63) is 66.4 Å². The van der Waals surface area contributed by atoms with E-state index in [9.17, 15) is 4.39 Å². The third kappa shape index (κ3) is 2.74. The SMILES string of the molecule is CC(C)(C)c1nc(-c2ccc(F)cc2)c(-c2c[nH]c3ccccc23)[nH]1. The summed E-state index contributed by atoms with van der Waals surface area (Å²) in [6.07, 6.45) is 2.00. The van der Waals surface area contributed by atoms with Crippen LogP contribution in [0.1, 0.15) is 26.6 Å². The van der Waals surface area contributed by atoms with E-state index in [4.69, 9.17) is 4.98 Å². The molecule has 2 heterocycles. The number of hydrogen-bond donors (Lipinski definition) is 2. The Hall–Kier alpha value is -2.88. The number of halogens is 1. The van der Waals surface area contributed by atoms with Gasteiger partial charge in [0.15, 0.2) is 0 Å². The lowest BCUT2D eigenvalue weighted by Gasteiger charge is -2.14. The summed E-state index contributed by atoms with van der Waals surface area (Å²) in [5, 5.41) is 1.13. The maximum atomic E-state index is 13.3. The molecule has 2 aromatic heterocycles. The average molecular weight is 333 g/mol. The molecule has 0 amide bonds. The van der Waals surface area contributed by atoms with Crippen LogP contribution in [-0.2, 0) is 5.41 Å². The maximum absolute atomic E-state index is 13.3. The largest absolute Gasteiger partial charge is 0.360 e. The van der Waals surface area contributed by atoms with Gasteiger partial charge in [-0.2, -0.15) is 0 Å². The lowest BCUT2D eigenvalue weighted by molar-refractivity contribution is 0.553. The Balaban J connectivity index is 1.97. The van der Waals surface area contributed by atoms with Crippen molar-refractivity contribution >= 4 is 10.9 Å². The molecule has 0 saturated carbocycles. The zero-order valence-electron chi connectivity index (χ0n) is 14.5. The maximum Gasteiger partial charge on any atom is 0.123 e. The highest BCUT2D eigenvalue weighted by Crippen LogP contribution is 2.36. The summed E-state index contributed by atoms with van der Waals surface area (Å²) < 4.78 is 13.3. The molecule has 0 radical (unpaired) electrons. The van der Waals surface area contributed by atoms with Gasteiger partial charge in [0.25, 0.3) is 0 Å². The van der Waals surface area contributed by atoms with Crippen molar-refractivity contribution in [3.8, 4) is 22.5 Å². The molecule has 2 N–H and O–H groups in total. The number of rotatable bonds is 2. The Morgan fingerprint density at radius 1 is 0.960 bits per heavy atom. The number of para-hydroxylation sites is 1. The number of hydrogen-bond acceptors (Lipinski definition) is 1. The van der Waals surface area contributed by atoms with E-state index in [0.29, 0.717) is 0 Å². The van der Waals surface area contributed by atoms with Gasteiger partial charge in [0.1, 0.15) is 11.6 Å². The van der Waals surface area contributed by atoms with E-state index >= 15 is 0 Å². The molecule has 4 heteroatoms. The van der Waals surface area contributed by atoms with Crippen LogP contribution < -0.4 is 0 Å². The van der Waals surface area contributed by atoms with Gasteiger partial charge in [-0.15, -0.1) is 0 Å². The Labute approximate surface area is 145 Å². The highest BCUT2D eigenvalue weighted by Gasteiger charge is 2.23. The van der Waals surface area contributed by atoms with E-state index in [1.807, 2.05) is 18.3 Å². The van der Waals surface area contributed by atoms with Gasteiger partial charge in [-0.25, -0.2) is 9.37 Å². The topological polar surface area (TPSA) is 44.5 Å². The molecule has 2 aromatic carbocycles. The van der Waals surface area contributed by atoms with Crippen LogP contribution in [0.5, 0.6) is 0 Å². The first-order chi connectivity index (χ1) is 11.9. The summed E-state index contributed by atoms with van der Waals surface area (Å²) in [4.78, 5) is 11.7. The lowest BCUT2D eigenvalue weighted by atomic mass is 9.96. The molecule has 126 valence electrons. The van der Waals surface area contributed by atoms with Crippen molar-refractivity contribution < 1.29 is 4.39 Å². The molecule has 0 saturated heterocycles. The van der Waals surface area contributed by atoms with E-state index in [1.54, 1.807) is 12.1 Å². The molecule has 0 atom stereocenters. The summed E-state index contributed by atoms with van der Waals surface area (Å²) in [5.41, 5.74) is 4.73. The standard InChI is InChI=1S/C21H20FN3/c1-21(2,3)20-24-18(13-8-10-14(22)11-9-13)19(25-20)16-12-23-17-7-5-4-6-15(16)17/h4-12,23H,1-3H3,(H,24,25). The van der Waals surface area contributed by atoms with Crippen molar-refractivity contribution in [2.75, 3.05) is 0 Å². The lowest BCUT2D eigenvalue weighted by Crippen LogP contribution is -2.13. The molecular formula is C21H20FN3. The zero-order chi connectivity index (χ0) is 17.6. The monoisotopic (exact) mass is 333 g/mol. The molecule has 0 unspecified atom stereocenters. The summed E-state index contributed by atoms with van der Waals surface area (Å²) in [7, 11) is 0. The van der Waals surface area contributed by atoms with Crippen molar-refractivity contribution in [2.45, 2.75) is 26.2 Å². The molecule has 25 heavy (non-hydrogen) atoms. The molecule has 0 spiro atoms. The smallest absolute Gasteiger partial charge is 0.123 e. The third-order valence-corrected chi connectivity index (χ3v) is 4.39. The molecule has 4 rings (SSSR count). The van der Waals surface area contributed by atoms with Gasteiger partial charge in [-0.1, -0.05) is 39.0 Å². The number of aromatic nitrogens is 3. The second-order valence-electron chi connectivity index (χ2n) is 7.31. The minimum atomic E-state index is -0.246. The van der Waals surface area contributed by atoms with Crippen molar-refractivity contribution in [3.63, 3.8) is 0 Å². The van der Waals surface area contributed by atoms with Gasteiger partial charge < -0.3 is 9.97 Å². The Kier molecular flexibility index (Phi) is 3.49. The summed E-state index contributed by atoms with van der Waals surface area (Å²) >= 11 is 0. The van der Waals surface area contributed by atoms with Crippen LogP contribution >= 0.6 is 0 Å². The number of H-pyrrole nitrogens is 2. The Morgan fingerprint density at radius 2 is 1.68 bits per heavy atom. The first-order valence-electron chi connectivity index (χ1n) is 8.36. The molecule has 0 bridgehead atoms. The number of benzene rings is 2. The van der Waals surface area contributed by atoms with Gasteiger partial charge in [0.2, 0.25) is 0 Å². The third-order valence-electron chi connectivity index (χ3n) is 4.39. The number of nitrogens with one attached hydrogen (secondary N) is 2. The van der Waals surface area contributed by atoms with Crippen molar-refractivity contribution in [2.24, 2.45) is 0 Å². The van der Waals surface area contributed by atoms with Gasteiger partial charge in [-0.3, -0.25) is 0 Å². The molecule has 0 aliphatic heterocycles. The minimum absolute atomic E-state index is 0.112. The summed E-state index contributed by atoms with van der Waals surface area (Å²) in [6.45, 7) is 6.37. The van der Waals surface area contributed by atoms with E-state index in [0.717, 1.165) is 39.2 Å². The van der Waals surface area contributed by atoms with E-state index in [-0.39, 0.29) is 11.2 Å². The van der Waals surface area contributed by atoms with Crippen LogP contribution in [0.3, 0.4) is 0 Å². The van der Waals surface area contributed by atoms with Crippen LogP contribution in [0.2, 0.25) is 0 Å². The van der Waals surface area contributed by atoms with E-state index in [2.05, 4.69) is 42.9 Å².